The summed E-state index contributed by atoms with van der Waals surface area (Å²) in [7, 11) is 0. The van der Waals surface area contributed by atoms with Gasteiger partial charge in [0.05, 0.1) is 10.0 Å². The molecule has 156 valence electrons. The second-order valence-electron chi connectivity index (χ2n) is 7.35. The molecule has 3 amide bonds. The Labute approximate surface area is 184 Å². The molecule has 8 heteroatoms. The highest BCUT2D eigenvalue weighted by Crippen LogP contribution is 2.25. The molecule has 0 aliphatic carbocycles. The van der Waals surface area contributed by atoms with Crippen molar-refractivity contribution in [2.24, 2.45) is 5.92 Å². The molecule has 1 fully saturated rings. The van der Waals surface area contributed by atoms with Crippen LogP contribution in [-0.4, -0.2) is 36.5 Å². The first-order valence-electron chi connectivity index (χ1n) is 9.77. The number of rotatable bonds is 4. The van der Waals surface area contributed by atoms with Crippen LogP contribution in [0, 0.1) is 5.92 Å². The van der Waals surface area contributed by atoms with Gasteiger partial charge in [0.15, 0.2) is 5.76 Å². The fourth-order valence-electron chi connectivity index (χ4n) is 3.57. The number of halogens is 2. The lowest BCUT2D eigenvalue weighted by Crippen LogP contribution is -2.42. The molecule has 1 saturated heterocycles. The van der Waals surface area contributed by atoms with Crippen LogP contribution in [-0.2, 0) is 0 Å². The van der Waals surface area contributed by atoms with Crippen LogP contribution in [0.3, 0.4) is 0 Å². The predicted octanol–water partition coefficient (Wildman–Crippen LogP) is 5.41. The molecule has 2 aromatic carbocycles. The number of amides is 3. The SMILES string of the molecule is O=C(NCC1CCN(C(=O)c2cc3ccccc3o2)CC1)Nc1ccc(Cl)c(Cl)c1. The number of likely N-dealkylation sites (tertiary alicyclic amines) is 1. The molecule has 1 aromatic heterocycles. The summed E-state index contributed by atoms with van der Waals surface area (Å²) in [5.74, 6) is 0.591. The van der Waals surface area contributed by atoms with Crippen LogP contribution < -0.4 is 10.6 Å². The molecule has 6 nitrogen and oxygen atoms in total. The molecule has 1 aliphatic rings. The van der Waals surface area contributed by atoms with Crippen LogP contribution in [0.2, 0.25) is 10.0 Å². The average Bonchev–Trinajstić information content (AvgIpc) is 3.19. The van der Waals surface area contributed by atoms with Crippen molar-refractivity contribution in [3.8, 4) is 0 Å². The number of para-hydroxylation sites is 1. The third kappa shape index (κ3) is 4.71. The molecule has 0 saturated carbocycles. The molecule has 3 aromatic rings. The molecule has 1 aliphatic heterocycles. The van der Waals surface area contributed by atoms with Crippen molar-refractivity contribution in [2.75, 3.05) is 25.0 Å². The first-order valence-corrected chi connectivity index (χ1v) is 10.5. The maximum Gasteiger partial charge on any atom is 0.319 e. The number of piperidine rings is 1. The van der Waals surface area contributed by atoms with Crippen molar-refractivity contribution in [2.45, 2.75) is 12.8 Å². The molecule has 2 heterocycles. The Morgan fingerprint density at radius 1 is 1.03 bits per heavy atom. The maximum absolute atomic E-state index is 12.7. The van der Waals surface area contributed by atoms with E-state index in [1.807, 2.05) is 29.2 Å². The van der Waals surface area contributed by atoms with Crippen molar-refractivity contribution in [1.82, 2.24) is 10.2 Å². The minimum atomic E-state index is -0.297. The van der Waals surface area contributed by atoms with Gasteiger partial charge >= 0.3 is 6.03 Å². The highest BCUT2D eigenvalue weighted by molar-refractivity contribution is 6.42. The molecule has 0 radical (unpaired) electrons. The van der Waals surface area contributed by atoms with E-state index in [2.05, 4.69) is 10.6 Å². The number of hydrogen-bond donors (Lipinski definition) is 2. The number of carbonyl (C=O) groups is 2. The Kier molecular flexibility index (Phi) is 6.16. The summed E-state index contributed by atoms with van der Waals surface area (Å²) in [6.07, 6.45) is 1.64. The van der Waals surface area contributed by atoms with Gasteiger partial charge in [-0.1, -0.05) is 41.4 Å². The second kappa shape index (κ2) is 8.98. The molecule has 0 unspecified atom stereocenters. The third-order valence-corrected chi connectivity index (χ3v) is 6.01. The van der Waals surface area contributed by atoms with E-state index < -0.39 is 0 Å². The third-order valence-electron chi connectivity index (χ3n) is 5.27. The minimum absolute atomic E-state index is 0.0880. The van der Waals surface area contributed by atoms with Crippen LogP contribution in [0.15, 0.2) is 52.9 Å². The Bertz CT molecular complexity index is 1040. The number of benzene rings is 2. The predicted molar refractivity (Wildman–Crippen MR) is 118 cm³/mol. The number of nitrogens with one attached hydrogen (secondary N) is 2. The number of nitrogens with zero attached hydrogens (tertiary/aromatic N) is 1. The molecule has 4 rings (SSSR count). The lowest BCUT2D eigenvalue weighted by Gasteiger charge is -2.31. The van der Waals surface area contributed by atoms with Crippen molar-refractivity contribution >= 4 is 51.8 Å². The van der Waals surface area contributed by atoms with E-state index in [-0.39, 0.29) is 11.9 Å². The van der Waals surface area contributed by atoms with Gasteiger partial charge < -0.3 is 20.0 Å². The van der Waals surface area contributed by atoms with Gasteiger partial charge in [-0.05, 0) is 49.1 Å². The Hall–Kier alpha value is -2.70. The number of hydrogen-bond acceptors (Lipinski definition) is 3. The molecule has 30 heavy (non-hydrogen) atoms. The standard InChI is InChI=1S/C22H21Cl2N3O3/c23-17-6-5-16(12-18(17)24)26-22(29)25-13-14-7-9-27(10-8-14)21(28)20-11-15-3-1-2-4-19(15)30-20/h1-6,11-12,14H,7-10,13H2,(H2,25,26,29). The Morgan fingerprint density at radius 2 is 1.80 bits per heavy atom. The van der Waals surface area contributed by atoms with Crippen LogP contribution in [0.5, 0.6) is 0 Å². The Balaban J connectivity index is 1.24. The van der Waals surface area contributed by atoms with E-state index in [0.717, 1.165) is 18.2 Å². The highest BCUT2D eigenvalue weighted by Gasteiger charge is 2.26. The van der Waals surface area contributed by atoms with Gasteiger partial charge in [-0.2, -0.15) is 0 Å². The Morgan fingerprint density at radius 3 is 2.53 bits per heavy atom. The summed E-state index contributed by atoms with van der Waals surface area (Å²) >= 11 is 11.8. The molecule has 0 spiro atoms. The van der Waals surface area contributed by atoms with Crippen LogP contribution in [0.25, 0.3) is 11.0 Å². The fourth-order valence-corrected chi connectivity index (χ4v) is 3.87. The van der Waals surface area contributed by atoms with E-state index in [0.29, 0.717) is 52.6 Å². The fraction of sp³-hybridized carbons (Fsp3) is 0.273. The summed E-state index contributed by atoms with van der Waals surface area (Å²) in [5, 5.41) is 7.37. The topological polar surface area (TPSA) is 74.6 Å². The smallest absolute Gasteiger partial charge is 0.319 e. The summed E-state index contributed by atoms with van der Waals surface area (Å²) in [5.41, 5.74) is 1.29. The van der Waals surface area contributed by atoms with Crippen LogP contribution >= 0.6 is 23.2 Å². The van der Waals surface area contributed by atoms with Gasteiger partial charge in [0.2, 0.25) is 0 Å². The average molecular weight is 446 g/mol. The van der Waals surface area contributed by atoms with Crippen molar-refractivity contribution in [1.29, 1.82) is 0 Å². The van der Waals surface area contributed by atoms with Crippen LogP contribution in [0.1, 0.15) is 23.4 Å². The van der Waals surface area contributed by atoms with Crippen LogP contribution in [0.4, 0.5) is 10.5 Å². The van der Waals surface area contributed by atoms with Gasteiger partial charge in [-0.25, -0.2) is 4.79 Å². The van der Waals surface area contributed by atoms with Gasteiger partial charge in [0.1, 0.15) is 5.58 Å². The van der Waals surface area contributed by atoms with E-state index in [1.165, 1.54) is 0 Å². The minimum Gasteiger partial charge on any atom is -0.451 e. The second-order valence-corrected chi connectivity index (χ2v) is 8.16. The van der Waals surface area contributed by atoms with E-state index in [4.69, 9.17) is 27.6 Å². The van der Waals surface area contributed by atoms with Gasteiger partial charge in [0, 0.05) is 30.7 Å². The molecular weight excluding hydrogens is 425 g/mol. The molecule has 0 atom stereocenters. The van der Waals surface area contributed by atoms with Crippen molar-refractivity contribution < 1.29 is 14.0 Å². The zero-order valence-electron chi connectivity index (χ0n) is 16.2. The van der Waals surface area contributed by atoms with Gasteiger partial charge in [-0.15, -0.1) is 0 Å². The lowest BCUT2D eigenvalue weighted by molar-refractivity contribution is 0.0661. The number of fused-ring (bicyclic) bond motifs is 1. The summed E-state index contributed by atoms with van der Waals surface area (Å²) in [6, 6.07) is 14.0. The monoisotopic (exact) mass is 445 g/mol. The summed E-state index contributed by atoms with van der Waals surface area (Å²) in [4.78, 5) is 26.7. The molecular formula is C22H21Cl2N3O3. The van der Waals surface area contributed by atoms with E-state index in [1.54, 1.807) is 24.3 Å². The van der Waals surface area contributed by atoms with Gasteiger partial charge in [-0.3, -0.25) is 4.79 Å². The quantitative estimate of drug-likeness (QED) is 0.563. The summed E-state index contributed by atoms with van der Waals surface area (Å²) in [6.45, 7) is 1.81. The number of urea groups is 1. The number of furan rings is 1. The van der Waals surface area contributed by atoms with Gasteiger partial charge in [0.25, 0.3) is 5.91 Å². The normalized spacial score (nSPS) is 14.7. The maximum atomic E-state index is 12.7. The lowest BCUT2D eigenvalue weighted by atomic mass is 9.96. The van der Waals surface area contributed by atoms with E-state index in [9.17, 15) is 9.59 Å². The largest absolute Gasteiger partial charge is 0.451 e. The highest BCUT2D eigenvalue weighted by atomic mass is 35.5. The van der Waals surface area contributed by atoms with Crippen molar-refractivity contribution in [3.05, 3.63) is 64.3 Å². The van der Waals surface area contributed by atoms with Crippen molar-refractivity contribution in [3.63, 3.8) is 0 Å². The first-order chi connectivity index (χ1) is 14.5. The zero-order chi connectivity index (χ0) is 21.1. The number of anilines is 1. The summed E-state index contributed by atoms with van der Waals surface area (Å²) < 4.78 is 5.69. The molecule has 0 bridgehead atoms. The first kappa shape index (κ1) is 20.6. The zero-order valence-corrected chi connectivity index (χ0v) is 17.7. The van der Waals surface area contributed by atoms with E-state index >= 15 is 0 Å². The molecule has 2 N–H and O–H groups in total. The number of carbonyl (C=O) groups excluding carboxylic acids is 2.